The molecule has 0 amide bonds. The van der Waals surface area contributed by atoms with Gasteiger partial charge in [0.2, 0.25) is 0 Å². The van der Waals surface area contributed by atoms with Gasteiger partial charge in [0, 0.05) is 18.3 Å². The molecule has 1 unspecified atom stereocenters. The molecule has 92 valence electrons. The van der Waals surface area contributed by atoms with Gasteiger partial charge in [0.25, 0.3) is 5.69 Å². The van der Waals surface area contributed by atoms with E-state index in [9.17, 15) is 14.3 Å². The third-order valence-electron chi connectivity index (χ3n) is 1.93. The molecule has 1 rings (SSSR count). The smallest absolute Gasteiger partial charge is 0.258 e. The van der Waals surface area contributed by atoms with Crippen LogP contribution in [0.5, 0.6) is 0 Å². The second-order valence-electron chi connectivity index (χ2n) is 4.44. The molecular formula is C11H14N2O3S. The molecule has 0 aliphatic heterocycles. The highest BCUT2D eigenvalue weighted by molar-refractivity contribution is 7.85. The van der Waals surface area contributed by atoms with E-state index in [0.29, 0.717) is 5.56 Å². The lowest BCUT2D eigenvalue weighted by Gasteiger charge is -2.12. The summed E-state index contributed by atoms with van der Waals surface area (Å²) < 4.78 is 15.1. The largest absolute Gasteiger partial charge is 0.269 e. The van der Waals surface area contributed by atoms with Crippen LogP contribution in [0.25, 0.3) is 0 Å². The van der Waals surface area contributed by atoms with Gasteiger partial charge < -0.3 is 0 Å². The molecule has 0 heterocycles. The minimum atomic E-state index is -1.32. The summed E-state index contributed by atoms with van der Waals surface area (Å²) in [6.07, 6.45) is 1.46. The molecule has 0 fully saturated rings. The quantitative estimate of drug-likeness (QED) is 0.472. The lowest BCUT2D eigenvalue weighted by atomic mass is 10.2. The highest BCUT2D eigenvalue weighted by Gasteiger charge is 2.18. The fraction of sp³-hybridized carbons (Fsp3) is 0.364. The lowest BCUT2D eigenvalue weighted by molar-refractivity contribution is -0.384. The Hall–Kier alpha value is -1.56. The second-order valence-corrected chi connectivity index (χ2v) is 6.38. The van der Waals surface area contributed by atoms with Gasteiger partial charge in [-0.05, 0) is 38.5 Å². The minimum Gasteiger partial charge on any atom is -0.258 e. The second kappa shape index (κ2) is 5.18. The third-order valence-corrected chi connectivity index (χ3v) is 3.27. The van der Waals surface area contributed by atoms with Crippen LogP contribution in [0.15, 0.2) is 28.7 Å². The summed E-state index contributed by atoms with van der Waals surface area (Å²) in [7, 11) is -1.32. The highest BCUT2D eigenvalue weighted by Crippen LogP contribution is 2.13. The van der Waals surface area contributed by atoms with Crippen LogP contribution in [-0.2, 0) is 11.0 Å². The van der Waals surface area contributed by atoms with Crippen molar-refractivity contribution in [3.05, 3.63) is 39.9 Å². The van der Waals surface area contributed by atoms with Crippen molar-refractivity contribution in [3.8, 4) is 0 Å². The van der Waals surface area contributed by atoms with E-state index in [1.54, 1.807) is 12.1 Å². The van der Waals surface area contributed by atoms with E-state index in [1.165, 1.54) is 18.3 Å². The summed E-state index contributed by atoms with van der Waals surface area (Å²) in [4.78, 5) is 9.97. The zero-order chi connectivity index (χ0) is 13.1. The summed E-state index contributed by atoms with van der Waals surface area (Å²) in [6, 6.07) is 5.92. The summed E-state index contributed by atoms with van der Waals surface area (Å²) >= 11 is 0. The molecule has 0 N–H and O–H groups in total. The van der Waals surface area contributed by atoms with Crippen molar-refractivity contribution in [2.24, 2.45) is 4.40 Å². The van der Waals surface area contributed by atoms with Gasteiger partial charge in [0.05, 0.1) is 9.67 Å². The van der Waals surface area contributed by atoms with Crippen molar-refractivity contribution in [2.75, 3.05) is 0 Å². The molecule has 0 saturated carbocycles. The van der Waals surface area contributed by atoms with E-state index >= 15 is 0 Å². The molecule has 6 heteroatoms. The molecule has 0 aliphatic carbocycles. The molecule has 17 heavy (non-hydrogen) atoms. The zero-order valence-corrected chi connectivity index (χ0v) is 10.7. The van der Waals surface area contributed by atoms with Gasteiger partial charge in [0.15, 0.2) is 0 Å². The van der Waals surface area contributed by atoms with Crippen molar-refractivity contribution in [1.82, 2.24) is 0 Å². The Bertz CT molecular complexity index is 461. The average Bonchev–Trinajstić information content (AvgIpc) is 2.25. The number of benzene rings is 1. The SMILES string of the molecule is CC(C)(C)S(=O)/N=C\c1ccc([N+](=O)[O-])cc1. The zero-order valence-electron chi connectivity index (χ0n) is 9.91. The van der Waals surface area contributed by atoms with Gasteiger partial charge in [-0.15, -0.1) is 0 Å². The Morgan fingerprint density at radius 2 is 1.82 bits per heavy atom. The Morgan fingerprint density at radius 1 is 1.29 bits per heavy atom. The van der Waals surface area contributed by atoms with Crippen LogP contribution in [0, 0.1) is 10.1 Å². The fourth-order valence-electron chi connectivity index (χ4n) is 0.949. The minimum absolute atomic E-state index is 0.0269. The number of hydrogen-bond donors (Lipinski definition) is 0. The number of non-ortho nitro benzene ring substituents is 1. The molecule has 0 aliphatic rings. The van der Waals surface area contributed by atoms with Crippen LogP contribution >= 0.6 is 0 Å². The van der Waals surface area contributed by atoms with Gasteiger partial charge in [-0.3, -0.25) is 10.1 Å². The predicted octanol–water partition coefficient (Wildman–Crippen LogP) is 2.48. The predicted molar refractivity (Wildman–Crippen MR) is 68.6 cm³/mol. The van der Waals surface area contributed by atoms with Crippen molar-refractivity contribution < 1.29 is 9.13 Å². The molecule has 0 saturated heterocycles. The topological polar surface area (TPSA) is 72.6 Å². The molecule has 0 aromatic heterocycles. The van der Waals surface area contributed by atoms with Crippen molar-refractivity contribution in [2.45, 2.75) is 25.5 Å². The Kier molecular flexibility index (Phi) is 4.11. The molecule has 1 aromatic carbocycles. The van der Waals surface area contributed by atoms with Crippen LogP contribution in [-0.4, -0.2) is 20.1 Å². The molecular weight excluding hydrogens is 240 g/mol. The van der Waals surface area contributed by atoms with Crippen molar-refractivity contribution in [1.29, 1.82) is 0 Å². The summed E-state index contributed by atoms with van der Waals surface area (Å²) in [6.45, 7) is 5.49. The van der Waals surface area contributed by atoms with E-state index in [0.717, 1.165) is 0 Å². The number of hydrogen-bond acceptors (Lipinski definition) is 3. The Morgan fingerprint density at radius 3 is 2.24 bits per heavy atom. The number of nitrogens with zero attached hydrogens (tertiary/aromatic N) is 2. The molecule has 0 spiro atoms. The van der Waals surface area contributed by atoms with Crippen LogP contribution in [0.4, 0.5) is 5.69 Å². The van der Waals surface area contributed by atoms with E-state index < -0.39 is 20.7 Å². The van der Waals surface area contributed by atoms with E-state index in [-0.39, 0.29) is 5.69 Å². The van der Waals surface area contributed by atoms with Gasteiger partial charge in [-0.25, -0.2) is 4.21 Å². The normalized spacial score (nSPS) is 13.8. The molecule has 0 radical (unpaired) electrons. The maximum absolute atomic E-state index is 11.6. The summed E-state index contributed by atoms with van der Waals surface area (Å²) in [5.74, 6) is 0. The first-order valence-electron chi connectivity index (χ1n) is 5.01. The Labute approximate surface area is 102 Å². The third kappa shape index (κ3) is 4.07. The number of nitro groups is 1. The maximum atomic E-state index is 11.6. The van der Waals surface area contributed by atoms with Gasteiger partial charge >= 0.3 is 0 Å². The van der Waals surface area contributed by atoms with Crippen molar-refractivity contribution >= 4 is 22.9 Å². The van der Waals surface area contributed by atoms with E-state index in [4.69, 9.17) is 0 Å². The van der Waals surface area contributed by atoms with E-state index in [1.807, 2.05) is 20.8 Å². The van der Waals surface area contributed by atoms with Crippen LogP contribution in [0.3, 0.4) is 0 Å². The monoisotopic (exact) mass is 254 g/mol. The first-order valence-corrected chi connectivity index (χ1v) is 6.12. The summed E-state index contributed by atoms with van der Waals surface area (Å²) in [5.41, 5.74) is 0.715. The highest BCUT2D eigenvalue weighted by atomic mass is 32.2. The number of nitro benzene ring substituents is 1. The van der Waals surface area contributed by atoms with E-state index in [2.05, 4.69) is 4.40 Å². The summed E-state index contributed by atoms with van der Waals surface area (Å²) in [5, 5.41) is 10.4. The average molecular weight is 254 g/mol. The van der Waals surface area contributed by atoms with Gasteiger partial charge in [-0.2, -0.15) is 4.40 Å². The first-order chi connectivity index (χ1) is 7.80. The molecule has 1 atom stereocenters. The standard InChI is InChI=1S/C11H14N2O3S/c1-11(2,3)17(16)12-8-9-4-6-10(7-5-9)13(14)15/h4-8H,1-3H3/b12-8-. The Balaban J connectivity index is 2.80. The van der Waals surface area contributed by atoms with Gasteiger partial charge in [-0.1, -0.05) is 0 Å². The van der Waals surface area contributed by atoms with Crippen LogP contribution in [0.1, 0.15) is 26.3 Å². The van der Waals surface area contributed by atoms with Crippen molar-refractivity contribution in [3.63, 3.8) is 0 Å². The molecule has 0 bridgehead atoms. The molecule has 5 nitrogen and oxygen atoms in total. The fourth-order valence-corrected chi connectivity index (χ4v) is 1.48. The molecule has 1 aromatic rings. The lowest BCUT2D eigenvalue weighted by Crippen LogP contribution is -2.19. The van der Waals surface area contributed by atoms with Crippen LogP contribution < -0.4 is 0 Å². The van der Waals surface area contributed by atoms with Crippen LogP contribution in [0.2, 0.25) is 0 Å². The first kappa shape index (κ1) is 13.5. The maximum Gasteiger partial charge on any atom is 0.269 e. The van der Waals surface area contributed by atoms with Gasteiger partial charge in [0.1, 0.15) is 11.0 Å². The number of rotatable bonds is 3.